The van der Waals surface area contributed by atoms with Crippen LogP contribution in [0.25, 0.3) is 0 Å². The van der Waals surface area contributed by atoms with E-state index >= 15 is 0 Å². The van der Waals surface area contributed by atoms with E-state index in [4.69, 9.17) is 11.6 Å². The summed E-state index contributed by atoms with van der Waals surface area (Å²) in [6.07, 6.45) is 1.76. The van der Waals surface area contributed by atoms with Crippen LogP contribution in [0, 0.1) is 17.0 Å². The van der Waals surface area contributed by atoms with E-state index in [0.717, 1.165) is 11.1 Å². The number of nitrogens with zero attached hydrogens (tertiary/aromatic N) is 2. The molecule has 3 aromatic rings. The van der Waals surface area contributed by atoms with E-state index in [9.17, 15) is 14.9 Å². The number of aryl methyl sites for hydroxylation is 1. The number of nitrogens with one attached hydrogen (secondary N) is 1. The summed E-state index contributed by atoms with van der Waals surface area (Å²) in [5.41, 5.74) is 3.40. The predicted octanol–water partition coefficient (Wildman–Crippen LogP) is 4.38. The zero-order chi connectivity index (χ0) is 19.4. The van der Waals surface area contributed by atoms with Crippen LogP contribution in [0.5, 0.6) is 0 Å². The van der Waals surface area contributed by atoms with Crippen LogP contribution in [0.3, 0.4) is 0 Å². The zero-order valence-electron chi connectivity index (χ0n) is 14.7. The van der Waals surface area contributed by atoms with Crippen molar-refractivity contribution in [3.63, 3.8) is 0 Å². The summed E-state index contributed by atoms with van der Waals surface area (Å²) in [5.74, 6) is 0. The molecule has 0 unspecified atom stereocenters. The molecule has 0 atom stereocenters. The first-order chi connectivity index (χ1) is 12.9. The van der Waals surface area contributed by atoms with E-state index in [1.807, 2.05) is 30.3 Å². The Morgan fingerprint density at radius 1 is 1.11 bits per heavy atom. The molecule has 1 N–H and O–H groups in total. The molecule has 0 saturated heterocycles. The van der Waals surface area contributed by atoms with Gasteiger partial charge in [-0.05, 0) is 29.7 Å². The first kappa shape index (κ1) is 18.7. The highest BCUT2D eigenvalue weighted by atomic mass is 35.5. The molecule has 0 saturated carbocycles. The van der Waals surface area contributed by atoms with Crippen molar-refractivity contribution >= 4 is 23.0 Å². The number of nitro benzene ring substituents is 1. The fourth-order valence-corrected chi connectivity index (χ4v) is 3.12. The molecule has 27 heavy (non-hydrogen) atoms. The molecule has 0 fully saturated rings. The van der Waals surface area contributed by atoms with Gasteiger partial charge in [0.1, 0.15) is 0 Å². The van der Waals surface area contributed by atoms with E-state index in [1.54, 1.807) is 23.8 Å². The molecule has 0 radical (unpaired) electrons. The average molecular weight is 384 g/mol. The van der Waals surface area contributed by atoms with Gasteiger partial charge in [0.25, 0.3) is 11.2 Å². The Labute approximate surface area is 161 Å². The van der Waals surface area contributed by atoms with E-state index in [-0.39, 0.29) is 11.2 Å². The third kappa shape index (κ3) is 4.54. The quantitative estimate of drug-likeness (QED) is 0.506. The molecule has 6 nitrogen and oxygen atoms in total. The Morgan fingerprint density at radius 2 is 1.81 bits per heavy atom. The molecular weight excluding hydrogens is 366 g/mol. The molecule has 1 aromatic heterocycles. The molecule has 1 heterocycles. The molecular formula is C20H18ClN3O3. The summed E-state index contributed by atoms with van der Waals surface area (Å²) in [4.78, 5) is 22.2. The molecule has 0 aliphatic carbocycles. The molecule has 0 aliphatic rings. The first-order valence-corrected chi connectivity index (χ1v) is 8.73. The highest BCUT2D eigenvalue weighted by Gasteiger charge is 2.13. The van der Waals surface area contributed by atoms with Crippen LogP contribution in [-0.4, -0.2) is 9.49 Å². The lowest BCUT2D eigenvalue weighted by Crippen LogP contribution is -2.18. The van der Waals surface area contributed by atoms with Crippen molar-refractivity contribution < 1.29 is 4.92 Å². The Bertz CT molecular complexity index is 1010. The number of pyridine rings is 1. The van der Waals surface area contributed by atoms with Crippen molar-refractivity contribution in [1.29, 1.82) is 0 Å². The van der Waals surface area contributed by atoms with E-state index in [1.165, 1.54) is 18.2 Å². The topological polar surface area (TPSA) is 77.2 Å². The Hall–Kier alpha value is -3.12. The largest absolute Gasteiger partial charge is 0.380 e. The van der Waals surface area contributed by atoms with Gasteiger partial charge in [0.2, 0.25) is 0 Å². The van der Waals surface area contributed by atoms with Crippen molar-refractivity contribution in [1.82, 2.24) is 4.57 Å². The molecule has 7 heteroatoms. The van der Waals surface area contributed by atoms with Crippen molar-refractivity contribution in [2.45, 2.75) is 20.0 Å². The highest BCUT2D eigenvalue weighted by Crippen LogP contribution is 2.31. The van der Waals surface area contributed by atoms with E-state index in [2.05, 4.69) is 5.32 Å². The lowest BCUT2D eigenvalue weighted by atomic mass is 10.1. The number of halogens is 1. The summed E-state index contributed by atoms with van der Waals surface area (Å²) >= 11 is 6.18. The molecule has 0 aliphatic heterocycles. The second-order valence-corrected chi connectivity index (χ2v) is 6.62. The second-order valence-electron chi connectivity index (χ2n) is 6.21. The van der Waals surface area contributed by atoms with Gasteiger partial charge in [-0.3, -0.25) is 14.9 Å². The Balaban J connectivity index is 1.68. The highest BCUT2D eigenvalue weighted by molar-refractivity contribution is 6.33. The van der Waals surface area contributed by atoms with Gasteiger partial charge in [0, 0.05) is 30.9 Å². The minimum atomic E-state index is -0.459. The van der Waals surface area contributed by atoms with Crippen LogP contribution in [0.2, 0.25) is 5.02 Å². The average Bonchev–Trinajstić information content (AvgIpc) is 2.64. The fourth-order valence-electron chi connectivity index (χ4n) is 2.80. The van der Waals surface area contributed by atoms with Gasteiger partial charge in [-0.25, -0.2) is 0 Å². The summed E-state index contributed by atoms with van der Waals surface area (Å²) in [7, 11) is 0. The van der Waals surface area contributed by atoms with Gasteiger partial charge in [0.05, 0.1) is 22.2 Å². The molecule has 0 bridgehead atoms. The normalized spacial score (nSPS) is 10.6. The number of nitro groups is 1. The van der Waals surface area contributed by atoms with Crippen LogP contribution in [0.1, 0.15) is 16.7 Å². The van der Waals surface area contributed by atoms with E-state index in [0.29, 0.717) is 29.4 Å². The molecule has 2 aromatic carbocycles. The van der Waals surface area contributed by atoms with Crippen LogP contribution < -0.4 is 10.9 Å². The second kappa shape index (κ2) is 8.05. The van der Waals surface area contributed by atoms with Gasteiger partial charge < -0.3 is 9.88 Å². The number of hydrogen-bond acceptors (Lipinski definition) is 4. The van der Waals surface area contributed by atoms with Gasteiger partial charge in [-0.1, -0.05) is 41.9 Å². The third-order valence-electron chi connectivity index (χ3n) is 4.23. The lowest BCUT2D eigenvalue weighted by Gasteiger charge is -2.12. The van der Waals surface area contributed by atoms with Crippen molar-refractivity contribution in [3.8, 4) is 0 Å². The van der Waals surface area contributed by atoms with Crippen molar-refractivity contribution in [2.75, 3.05) is 5.32 Å². The van der Waals surface area contributed by atoms with E-state index < -0.39 is 4.92 Å². The van der Waals surface area contributed by atoms with Crippen molar-refractivity contribution in [3.05, 3.63) is 103 Å². The minimum absolute atomic E-state index is 0.0245. The number of benzene rings is 2. The maximum atomic E-state index is 11.8. The van der Waals surface area contributed by atoms with Crippen LogP contribution in [0.4, 0.5) is 11.4 Å². The smallest absolute Gasteiger partial charge is 0.271 e. The molecule has 0 spiro atoms. The number of hydrogen-bond donors (Lipinski definition) is 1. The van der Waals surface area contributed by atoms with Crippen LogP contribution in [0.15, 0.2) is 65.6 Å². The Morgan fingerprint density at radius 3 is 2.44 bits per heavy atom. The van der Waals surface area contributed by atoms with Crippen LogP contribution >= 0.6 is 11.6 Å². The summed E-state index contributed by atoms with van der Waals surface area (Å²) in [6, 6.07) is 15.8. The number of anilines is 1. The number of rotatable bonds is 6. The Kier molecular flexibility index (Phi) is 5.57. The first-order valence-electron chi connectivity index (χ1n) is 8.36. The SMILES string of the molecule is Cc1cc([N+](=O)[O-])cc(Cl)c1NCc1ccc(Cn2ccccc2=O)cc1. The standard InChI is InChI=1S/C20H18ClN3O3/c1-14-10-17(24(26)27)11-18(21)20(14)22-12-15-5-7-16(8-6-15)13-23-9-3-2-4-19(23)25/h2-11,22H,12-13H2,1H3. The minimum Gasteiger partial charge on any atom is -0.380 e. The number of non-ortho nitro benzene ring substituents is 1. The molecule has 0 amide bonds. The zero-order valence-corrected chi connectivity index (χ0v) is 15.4. The van der Waals surface area contributed by atoms with Gasteiger partial charge >= 0.3 is 0 Å². The summed E-state index contributed by atoms with van der Waals surface area (Å²) < 4.78 is 1.65. The fraction of sp³-hybridized carbons (Fsp3) is 0.150. The maximum Gasteiger partial charge on any atom is 0.271 e. The van der Waals surface area contributed by atoms with Gasteiger partial charge in [-0.15, -0.1) is 0 Å². The molecule has 138 valence electrons. The lowest BCUT2D eigenvalue weighted by molar-refractivity contribution is -0.384. The molecule has 3 rings (SSSR count). The predicted molar refractivity (Wildman–Crippen MR) is 106 cm³/mol. The summed E-state index contributed by atoms with van der Waals surface area (Å²) in [6.45, 7) is 2.83. The maximum absolute atomic E-state index is 11.8. The number of aromatic nitrogens is 1. The van der Waals surface area contributed by atoms with Gasteiger partial charge in [0.15, 0.2) is 0 Å². The van der Waals surface area contributed by atoms with Crippen LogP contribution in [-0.2, 0) is 13.1 Å². The monoisotopic (exact) mass is 383 g/mol. The summed E-state index contributed by atoms with van der Waals surface area (Å²) in [5, 5.41) is 14.4. The third-order valence-corrected chi connectivity index (χ3v) is 4.53. The van der Waals surface area contributed by atoms with Crippen molar-refractivity contribution in [2.24, 2.45) is 0 Å². The van der Waals surface area contributed by atoms with Gasteiger partial charge in [-0.2, -0.15) is 0 Å².